The lowest BCUT2D eigenvalue weighted by atomic mass is 9.95. The van der Waals surface area contributed by atoms with E-state index in [4.69, 9.17) is 0 Å². The molecule has 4 nitrogen and oxygen atoms in total. The Hall–Kier alpha value is -1.75. The average molecular weight is 332 g/mol. The van der Waals surface area contributed by atoms with Crippen molar-refractivity contribution in [3.8, 4) is 0 Å². The van der Waals surface area contributed by atoms with E-state index in [2.05, 4.69) is 25.8 Å². The topological polar surface area (TPSA) is 34.9 Å². The van der Waals surface area contributed by atoms with Crippen molar-refractivity contribution in [2.45, 2.75) is 52.1 Å². The molecule has 0 bridgehead atoms. The van der Waals surface area contributed by atoms with E-state index in [0.29, 0.717) is 17.6 Å². The summed E-state index contributed by atoms with van der Waals surface area (Å²) < 4.78 is 16.4. The molecule has 0 radical (unpaired) electrons. The normalized spacial score (nSPS) is 18.0. The first-order valence-corrected chi connectivity index (χ1v) is 8.84. The van der Waals surface area contributed by atoms with Gasteiger partial charge in [0.15, 0.2) is 0 Å². The summed E-state index contributed by atoms with van der Waals surface area (Å²) in [6, 6.07) is 4.44. The van der Waals surface area contributed by atoms with E-state index in [0.717, 1.165) is 24.1 Å². The van der Waals surface area contributed by atoms with Crippen LogP contribution in [0.5, 0.6) is 0 Å². The van der Waals surface area contributed by atoms with Gasteiger partial charge >= 0.3 is 0 Å². The fourth-order valence-corrected chi connectivity index (χ4v) is 4.00. The van der Waals surface area contributed by atoms with Crippen molar-refractivity contribution in [2.75, 3.05) is 19.6 Å². The Morgan fingerprint density at radius 3 is 2.58 bits per heavy atom. The number of likely N-dealkylation sites (tertiary alicyclic amines) is 1. The Bertz CT molecular complexity index is 785. The highest BCUT2D eigenvalue weighted by molar-refractivity contribution is 5.74. The quantitative estimate of drug-likeness (QED) is 0.808. The maximum atomic E-state index is 13.7. The predicted octanol–water partition coefficient (Wildman–Crippen LogP) is 3.33. The second kappa shape index (κ2) is 6.28. The summed E-state index contributed by atoms with van der Waals surface area (Å²) in [4.78, 5) is 16.5. The zero-order valence-electron chi connectivity index (χ0n) is 14.9. The van der Waals surface area contributed by atoms with E-state index < -0.39 is 0 Å². The van der Waals surface area contributed by atoms with Gasteiger partial charge in [0.1, 0.15) is 5.82 Å². The Balaban J connectivity index is 1.96. The van der Waals surface area contributed by atoms with Gasteiger partial charge in [0, 0.05) is 0 Å². The third-order valence-electron chi connectivity index (χ3n) is 5.66. The van der Waals surface area contributed by atoms with E-state index in [-0.39, 0.29) is 16.9 Å². The highest BCUT2D eigenvalue weighted by atomic mass is 19.1. The van der Waals surface area contributed by atoms with Crippen molar-refractivity contribution in [3.63, 3.8) is 0 Å². The van der Waals surface area contributed by atoms with Gasteiger partial charge in [-0.05, 0) is 58.2 Å². The van der Waals surface area contributed by atoms with Gasteiger partial charge in [-0.15, -0.1) is 0 Å². The molecule has 2 aromatic rings. The molecule has 0 amide bonds. The summed E-state index contributed by atoms with van der Waals surface area (Å²) in [5.41, 5.74) is 1.23. The maximum Gasteiger partial charge on any atom is 0.269 e. The van der Waals surface area contributed by atoms with Crippen LogP contribution < -0.4 is 5.56 Å². The molecule has 2 heterocycles. The molecule has 1 aromatic carbocycles. The molecule has 1 aliphatic rings. The van der Waals surface area contributed by atoms with Crippen molar-refractivity contribution >= 4 is 11.0 Å². The second-order valence-electron chi connectivity index (χ2n) is 7.93. The number of hydrogen-bond acceptors (Lipinski definition) is 2. The first-order valence-electron chi connectivity index (χ1n) is 8.84. The molecular weight excluding hydrogens is 305 g/mol. The zero-order valence-corrected chi connectivity index (χ0v) is 14.9. The number of hydrogen-bond donors (Lipinski definition) is 0. The number of benzene rings is 1. The van der Waals surface area contributed by atoms with Gasteiger partial charge in [0.2, 0.25) is 0 Å². The van der Waals surface area contributed by atoms with Gasteiger partial charge < -0.3 is 4.48 Å². The monoisotopic (exact) mass is 332 g/mol. The molecule has 0 N–H and O–H groups in total. The van der Waals surface area contributed by atoms with E-state index >= 15 is 0 Å². The molecule has 1 fully saturated rings. The van der Waals surface area contributed by atoms with Gasteiger partial charge in [0.05, 0.1) is 48.9 Å². The summed E-state index contributed by atoms with van der Waals surface area (Å²) in [7, 11) is 0. The van der Waals surface area contributed by atoms with Gasteiger partial charge in [-0.1, -0.05) is 0 Å². The minimum atomic E-state index is -0.332. The standard InChI is InChI=1S/C19H27FN3O/c1-19(2,3)23(10-5-4-6-11-23)12-9-22-17-13-15(20)7-8-16(17)21-14-18(22)24/h7-8,13-14H,4-6,9-12H2,1-3H3/q+1. The van der Waals surface area contributed by atoms with Crippen LogP contribution in [0.15, 0.2) is 29.2 Å². The molecule has 1 aromatic heterocycles. The van der Waals surface area contributed by atoms with E-state index in [9.17, 15) is 9.18 Å². The zero-order chi connectivity index (χ0) is 17.4. The van der Waals surface area contributed by atoms with Crippen molar-refractivity contribution in [1.29, 1.82) is 0 Å². The van der Waals surface area contributed by atoms with Crippen molar-refractivity contribution in [2.24, 2.45) is 0 Å². The van der Waals surface area contributed by atoms with Crippen LogP contribution in [0, 0.1) is 5.82 Å². The van der Waals surface area contributed by atoms with E-state index in [1.165, 1.54) is 37.6 Å². The molecule has 0 spiro atoms. The van der Waals surface area contributed by atoms with Gasteiger partial charge in [0.25, 0.3) is 5.56 Å². The third kappa shape index (κ3) is 3.09. The van der Waals surface area contributed by atoms with Crippen molar-refractivity contribution in [1.82, 2.24) is 9.55 Å². The van der Waals surface area contributed by atoms with Crippen LogP contribution in [0.4, 0.5) is 4.39 Å². The number of rotatable bonds is 3. The average Bonchev–Trinajstić information content (AvgIpc) is 2.54. The molecule has 130 valence electrons. The highest BCUT2D eigenvalue weighted by Crippen LogP contribution is 2.30. The summed E-state index contributed by atoms with van der Waals surface area (Å²) in [6.45, 7) is 10.6. The molecule has 5 heteroatoms. The van der Waals surface area contributed by atoms with Gasteiger partial charge in [-0.3, -0.25) is 9.36 Å². The predicted molar refractivity (Wildman–Crippen MR) is 94.4 cm³/mol. The third-order valence-corrected chi connectivity index (χ3v) is 5.66. The molecule has 1 aliphatic heterocycles. The first kappa shape index (κ1) is 17.1. The Kier molecular flexibility index (Phi) is 4.47. The fraction of sp³-hybridized carbons (Fsp3) is 0.579. The van der Waals surface area contributed by atoms with Crippen LogP contribution in [0.3, 0.4) is 0 Å². The molecule has 3 rings (SSSR count). The van der Waals surface area contributed by atoms with Crippen LogP contribution in [-0.4, -0.2) is 39.2 Å². The van der Waals surface area contributed by atoms with Crippen molar-refractivity contribution in [3.05, 3.63) is 40.6 Å². The summed E-state index contributed by atoms with van der Waals surface area (Å²) in [5.74, 6) is -0.332. The summed E-state index contributed by atoms with van der Waals surface area (Å²) >= 11 is 0. The minimum Gasteiger partial charge on any atom is -0.318 e. The second-order valence-corrected chi connectivity index (χ2v) is 7.93. The number of aromatic nitrogens is 2. The molecule has 0 aliphatic carbocycles. The fourth-order valence-electron chi connectivity index (χ4n) is 4.00. The highest BCUT2D eigenvalue weighted by Gasteiger charge is 2.40. The number of piperidine rings is 1. The molecular formula is C19H27FN3O+. The molecule has 24 heavy (non-hydrogen) atoms. The summed E-state index contributed by atoms with van der Waals surface area (Å²) in [5, 5.41) is 0. The van der Waals surface area contributed by atoms with E-state index in [1.54, 1.807) is 10.6 Å². The molecule has 0 unspecified atom stereocenters. The van der Waals surface area contributed by atoms with Gasteiger partial charge in [-0.2, -0.15) is 0 Å². The molecule has 0 atom stereocenters. The lowest BCUT2D eigenvalue weighted by Gasteiger charge is -2.51. The smallest absolute Gasteiger partial charge is 0.269 e. The number of nitrogens with zero attached hydrogens (tertiary/aromatic N) is 3. The number of quaternary nitrogens is 1. The van der Waals surface area contributed by atoms with E-state index in [1.807, 2.05) is 0 Å². The van der Waals surface area contributed by atoms with Crippen LogP contribution in [0.2, 0.25) is 0 Å². The Morgan fingerprint density at radius 1 is 1.21 bits per heavy atom. The maximum absolute atomic E-state index is 13.7. The van der Waals surface area contributed by atoms with Gasteiger partial charge in [-0.25, -0.2) is 9.37 Å². The largest absolute Gasteiger partial charge is 0.318 e. The SMILES string of the molecule is CC(C)(C)[N+]1(CCn2c(=O)cnc3ccc(F)cc32)CCCCC1. The number of fused-ring (bicyclic) bond motifs is 1. The number of halogens is 1. The Morgan fingerprint density at radius 2 is 1.92 bits per heavy atom. The van der Waals surface area contributed by atoms with Crippen LogP contribution >= 0.6 is 0 Å². The van der Waals surface area contributed by atoms with Crippen LogP contribution in [-0.2, 0) is 6.54 Å². The Labute approximate surface area is 142 Å². The van der Waals surface area contributed by atoms with Crippen LogP contribution in [0.1, 0.15) is 40.0 Å². The summed E-state index contributed by atoms with van der Waals surface area (Å²) in [6.07, 6.45) is 5.10. The molecule has 1 saturated heterocycles. The van der Waals surface area contributed by atoms with Crippen LogP contribution in [0.25, 0.3) is 11.0 Å². The first-order chi connectivity index (χ1) is 11.3. The van der Waals surface area contributed by atoms with Crippen molar-refractivity contribution < 1.29 is 8.87 Å². The lowest BCUT2D eigenvalue weighted by Crippen LogP contribution is -2.63. The minimum absolute atomic E-state index is 0.137. The lowest BCUT2D eigenvalue weighted by molar-refractivity contribution is -0.975. The molecule has 0 saturated carbocycles.